The van der Waals surface area contributed by atoms with Crippen molar-refractivity contribution < 1.29 is 27.2 Å². The first-order valence-corrected chi connectivity index (χ1v) is 2.74. The molecule has 0 atom stereocenters. The van der Waals surface area contributed by atoms with E-state index in [1.807, 2.05) is 0 Å². The molecule has 0 saturated carbocycles. The zero-order valence-corrected chi connectivity index (χ0v) is 5.71. The topological polar surface area (TPSA) is 85.2 Å². The number of H-pyrrole nitrogens is 1. The molecule has 0 aromatic carbocycles. The van der Waals surface area contributed by atoms with Crippen molar-refractivity contribution in [1.29, 1.82) is 0 Å². The van der Waals surface area contributed by atoms with Crippen LogP contribution >= 0.6 is 0 Å². The molecule has 1 aromatic rings. The van der Waals surface area contributed by atoms with E-state index in [-0.39, 0.29) is 0 Å². The molecule has 72 valence electrons. The Morgan fingerprint density at radius 1 is 1.54 bits per heavy atom. The highest BCUT2D eigenvalue weighted by Gasteiger charge is 2.42. The average Bonchev–Trinajstić information content (AvgIpc) is 2.33. The molecule has 0 bridgehead atoms. The van der Waals surface area contributed by atoms with Gasteiger partial charge in [-0.1, -0.05) is 0 Å². The Morgan fingerprint density at radius 3 is 2.54 bits per heavy atom. The summed E-state index contributed by atoms with van der Waals surface area (Å²) in [6, 6.07) is -0.938. The van der Waals surface area contributed by atoms with Crippen LogP contribution in [0.4, 0.5) is 13.2 Å². The Morgan fingerprint density at radius 2 is 2.15 bits per heavy atom. The summed E-state index contributed by atoms with van der Waals surface area (Å²) >= 11 is 0. The summed E-state index contributed by atoms with van der Waals surface area (Å²) in [4.78, 5) is 21.9. The number of aromatic nitrogens is 2. The molecule has 0 aliphatic heterocycles. The molecule has 0 aliphatic carbocycles. The largest absolute Gasteiger partial charge is 0.491 e. The van der Waals surface area contributed by atoms with E-state index in [1.54, 1.807) is 4.98 Å². The minimum atomic E-state index is -5.14. The number of carbonyl (C=O) groups is 1. The Hall–Kier alpha value is -1.80. The molecule has 0 fully saturated rings. The van der Waals surface area contributed by atoms with Crippen LogP contribution in [0.25, 0.3) is 0 Å². The van der Waals surface area contributed by atoms with Crippen LogP contribution in [0, 0.1) is 0 Å². The third kappa shape index (κ3) is 2.32. The predicted octanol–water partition coefficient (Wildman–Crippen LogP) is -0.169. The van der Waals surface area contributed by atoms with Gasteiger partial charge in [0, 0.05) is 0 Å². The van der Waals surface area contributed by atoms with Crippen molar-refractivity contribution in [2.24, 2.45) is 0 Å². The standard InChI is InChI=1S/C4HF3N2O4/c5-4(6,7)1(10)12-2-8-3(11)13-9-2/h(H,8,9,11). The lowest BCUT2D eigenvalue weighted by atomic mass is 10.7. The Balaban J connectivity index is 2.71. The van der Waals surface area contributed by atoms with Gasteiger partial charge in [0.15, 0.2) is 0 Å². The van der Waals surface area contributed by atoms with Crippen LogP contribution < -0.4 is 10.5 Å². The fraction of sp³-hybridized carbons (Fsp3) is 0.250. The lowest BCUT2D eigenvalue weighted by Gasteiger charge is -2.01. The molecule has 1 aromatic heterocycles. The highest BCUT2D eigenvalue weighted by molar-refractivity contribution is 5.77. The molecule has 0 aliphatic rings. The monoisotopic (exact) mass is 198 g/mol. The summed E-state index contributed by atoms with van der Waals surface area (Å²) in [6.45, 7) is 0. The van der Waals surface area contributed by atoms with Gasteiger partial charge in [-0.2, -0.15) is 13.2 Å². The first-order valence-electron chi connectivity index (χ1n) is 2.74. The number of hydrogen-bond donors (Lipinski definition) is 1. The predicted molar refractivity (Wildman–Crippen MR) is 28.8 cm³/mol. The van der Waals surface area contributed by atoms with Crippen LogP contribution in [-0.2, 0) is 4.79 Å². The number of hydrogen-bond acceptors (Lipinski definition) is 5. The second-order valence-corrected chi connectivity index (χ2v) is 1.79. The SMILES string of the molecule is O=C(Oc1noc(=O)[nH]1)C(F)(F)F. The lowest BCUT2D eigenvalue weighted by molar-refractivity contribution is -0.190. The van der Waals surface area contributed by atoms with Gasteiger partial charge < -0.3 is 4.74 Å². The summed E-state index contributed by atoms with van der Waals surface area (Å²) in [7, 11) is 0. The first kappa shape index (κ1) is 9.29. The van der Waals surface area contributed by atoms with E-state index in [2.05, 4.69) is 14.4 Å². The van der Waals surface area contributed by atoms with Gasteiger partial charge in [-0.15, -0.1) is 0 Å². The molecule has 0 radical (unpaired) electrons. The molecule has 9 heteroatoms. The normalized spacial score (nSPS) is 11.3. The summed E-state index contributed by atoms with van der Waals surface area (Å²) in [6.07, 6.45) is -5.14. The van der Waals surface area contributed by atoms with Crippen LogP contribution in [0.15, 0.2) is 9.32 Å². The highest BCUT2D eigenvalue weighted by atomic mass is 19.4. The molecular weight excluding hydrogens is 197 g/mol. The zero-order chi connectivity index (χ0) is 10.1. The van der Waals surface area contributed by atoms with Gasteiger partial charge in [0.1, 0.15) is 0 Å². The lowest BCUT2D eigenvalue weighted by Crippen LogP contribution is -2.28. The number of nitrogens with zero attached hydrogens (tertiary/aromatic N) is 1. The second-order valence-electron chi connectivity index (χ2n) is 1.79. The molecule has 1 rings (SSSR count). The number of aromatic amines is 1. The minimum absolute atomic E-state index is 0.938. The molecule has 0 amide bonds. The number of carbonyl (C=O) groups excluding carboxylic acids is 1. The number of nitrogens with one attached hydrogen (secondary N) is 1. The number of rotatable bonds is 1. The smallest absolute Gasteiger partial charge is 0.383 e. The van der Waals surface area contributed by atoms with E-state index in [0.717, 1.165) is 0 Å². The van der Waals surface area contributed by atoms with Crippen LogP contribution in [0.1, 0.15) is 0 Å². The van der Waals surface area contributed by atoms with Crippen molar-refractivity contribution in [2.45, 2.75) is 6.18 Å². The van der Waals surface area contributed by atoms with E-state index in [1.165, 1.54) is 0 Å². The third-order valence-electron chi connectivity index (χ3n) is 0.841. The van der Waals surface area contributed by atoms with Crippen LogP contribution in [0.5, 0.6) is 6.01 Å². The van der Waals surface area contributed by atoms with Crippen molar-refractivity contribution in [1.82, 2.24) is 10.1 Å². The molecule has 1 heterocycles. The number of esters is 1. The van der Waals surface area contributed by atoms with Crippen molar-refractivity contribution in [3.63, 3.8) is 0 Å². The summed E-state index contributed by atoms with van der Waals surface area (Å²) in [5, 5.41) is 2.68. The van der Waals surface area contributed by atoms with Crippen molar-refractivity contribution in [2.75, 3.05) is 0 Å². The maximum atomic E-state index is 11.5. The average molecular weight is 198 g/mol. The van der Waals surface area contributed by atoms with Gasteiger partial charge in [0.2, 0.25) is 0 Å². The fourth-order valence-electron chi connectivity index (χ4n) is 0.406. The fourth-order valence-corrected chi connectivity index (χ4v) is 0.406. The number of ether oxygens (including phenoxy) is 1. The second kappa shape index (κ2) is 2.92. The molecular formula is C4HF3N2O4. The Bertz CT molecular complexity index is 364. The maximum Gasteiger partial charge on any atom is 0.491 e. The van der Waals surface area contributed by atoms with Crippen molar-refractivity contribution in [3.8, 4) is 6.01 Å². The highest BCUT2D eigenvalue weighted by Crippen LogP contribution is 2.16. The van der Waals surface area contributed by atoms with E-state index >= 15 is 0 Å². The van der Waals surface area contributed by atoms with E-state index in [0.29, 0.717) is 0 Å². The van der Waals surface area contributed by atoms with Gasteiger partial charge >= 0.3 is 23.9 Å². The van der Waals surface area contributed by atoms with Crippen molar-refractivity contribution in [3.05, 3.63) is 10.6 Å². The summed E-state index contributed by atoms with van der Waals surface area (Å²) in [5.41, 5.74) is 0. The molecule has 0 unspecified atom stereocenters. The number of halogens is 3. The van der Waals surface area contributed by atoms with E-state index < -0.39 is 23.9 Å². The van der Waals surface area contributed by atoms with Crippen LogP contribution in [0.2, 0.25) is 0 Å². The molecule has 0 spiro atoms. The quantitative estimate of drug-likeness (QED) is 0.633. The Labute approximate surface area is 67.3 Å². The molecule has 0 saturated heterocycles. The zero-order valence-electron chi connectivity index (χ0n) is 5.71. The van der Waals surface area contributed by atoms with Crippen LogP contribution in [0.3, 0.4) is 0 Å². The first-order chi connectivity index (χ1) is 5.89. The summed E-state index contributed by atoms with van der Waals surface area (Å²) < 4.78 is 41.9. The maximum absolute atomic E-state index is 11.5. The molecule has 6 nitrogen and oxygen atoms in total. The van der Waals surface area contributed by atoms with Gasteiger partial charge in [-0.05, 0) is 5.16 Å². The minimum Gasteiger partial charge on any atom is -0.383 e. The molecule has 1 N–H and O–H groups in total. The Kier molecular flexibility index (Phi) is 2.09. The van der Waals surface area contributed by atoms with Crippen LogP contribution in [-0.4, -0.2) is 22.3 Å². The van der Waals surface area contributed by atoms with Gasteiger partial charge in [-0.25, -0.2) is 14.6 Å². The molecule has 13 heavy (non-hydrogen) atoms. The third-order valence-corrected chi connectivity index (χ3v) is 0.841. The van der Waals surface area contributed by atoms with Gasteiger partial charge in [0.05, 0.1) is 0 Å². The van der Waals surface area contributed by atoms with Gasteiger partial charge in [0.25, 0.3) is 0 Å². The van der Waals surface area contributed by atoms with E-state index in [4.69, 9.17) is 0 Å². The summed E-state index contributed by atoms with van der Waals surface area (Å²) in [5.74, 6) is -3.61. The van der Waals surface area contributed by atoms with Gasteiger partial charge in [-0.3, -0.25) is 4.52 Å². The van der Waals surface area contributed by atoms with E-state index in [9.17, 15) is 22.8 Å². The number of alkyl halides is 3. The van der Waals surface area contributed by atoms with Crippen molar-refractivity contribution >= 4 is 5.97 Å².